The monoisotopic (exact) mass is 436 g/mol. The number of sulfonamides is 1. The summed E-state index contributed by atoms with van der Waals surface area (Å²) in [5.74, 6) is -0.886. The zero-order valence-corrected chi connectivity index (χ0v) is 16.4. The average Bonchev–Trinajstić information content (AvgIpc) is 3.10. The molecule has 0 spiro atoms. The van der Waals surface area contributed by atoms with Gasteiger partial charge in [-0.3, -0.25) is 14.9 Å². The van der Waals surface area contributed by atoms with Crippen LogP contribution in [0.3, 0.4) is 0 Å². The standard InChI is InChI=1S/C17H13ClN4O4S2/c18-11-3-1-10(2-4-11)15(23)22-17-21-14(9-27-17)16(24)20-12-5-7-13(8-6-12)28(19,25)26/h1-9H,(H,20,24)(H2,19,25,26)(H,21,22,23). The number of carbonyl (C=O) groups is 2. The first-order valence-electron chi connectivity index (χ1n) is 7.69. The molecule has 0 radical (unpaired) electrons. The van der Waals surface area contributed by atoms with Crippen molar-refractivity contribution in [3.63, 3.8) is 0 Å². The summed E-state index contributed by atoms with van der Waals surface area (Å²) in [4.78, 5) is 28.4. The molecule has 0 saturated carbocycles. The van der Waals surface area contributed by atoms with Crippen molar-refractivity contribution in [3.05, 3.63) is 70.2 Å². The lowest BCUT2D eigenvalue weighted by molar-refractivity contribution is 0.101. The zero-order chi connectivity index (χ0) is 20.3. The Morgan fingerprint density at radius 2 is 1.61 bits per heavy atom. The van der Waals surface area contributed by atoms with Crippen LogP contribution in [-0.2, 0) is 10.0 Å². The number of carbonyl (C=O) groups excluding carboxylic acids is 2. The molecule has 0 aliphatic carbocycles. The topological polar surface area (TPSA) is 131 Å². The van der Waals surface area contributed by atoms with E-state index >= 15 is 0 Å². The Hall–Kier alpha value is -2.79. The van der Waals surface area contributed by atoms with Crippen LogP contribution < -0.4 is 15.8 Å². The van der Waals surface area contributed by atoms with E-state index in [1.807, 2.05) is 0 Å². The zero-order valence-electron chi connectivity index (χ0n) is 14.0. The van der Waals surface area contributed by atoms with Gasteiger partial charge >= 0.3 is 0 Å². The number of hydrogen-bond acceptors (Lipinski definition) is 6. The van der Waals surface area contributed by atoms with Crippen LogP contribution in [0.4, 0.5) is 10.8 Å². The van der Waals surface area contributed by atoms with Crippen molar-refractivity contribution in [3.8, 4) is 0 Å². The van der Waals surface area contributed by atoms with Crippen LogP contribution in [-0.4, -0.2) is 25.2 Å². The predicted octanol–water partition coefficient (Wildman–Crippen LogP) is 2.95. The molecule has 0 saturated heterocycles. The number of nitrogens with zero attached hydrogens (tertiary/aromatic N) is 1. The van der Waals surface area contributed by atoms with E-state index in [1.165, 1.54) is 29.6 Å². The minimum Gasteiger partial charge on any atom is -0.321 e. The number of benzene rings is 2. The van der Waals surface area contributed by atoms with E-state index in [4.69, 9.17) is 16.7 Å². The molecule has 0 aliphatic heterocycles. The number of nitrogens with two attached hydrogens (primary N) is 1. The molecule has 0 fully saturated rings. The minimum absolute atomic E-state index is 0.0636. The second kappa shape index (κ2) is 8.07. The number of anilines is 2. The summed E-state index contributed by atoms with van der Waals surface area (Å²) in [6, 6.07) is 11.7. The van der Waals surface area contributed by atoms with Crippen molar-refractivity contribution in [2.45, 2.75) is 4.90 Å². The molecule has 8 nitrogen and oxygen atoms in total. The average molecular weight is 437 g/mol. The fraction of sp³-hybridized carbons (Fsp3) is 0. The molecule has 2 aromatic carbocycles. The van der Waals surface area contributed by atoms with Crippen LogP contribution in [0.1, 0.15) is 20.8 Å². The van der Waals surface area contributed by atoms with Gasteiger partial charge in [-0.25, -0.2) is 18.5 Å². The summed E-state index contributed by atoms with van der Waals surface area (Å²) >= 11 is 6.88. The molecule has 3 aromatic rings. The van der Waals surface area contributed by atoms with Gasteiger partial charge < -0.3 is 5.32 Å². The number of halogens is 1. The quantitative estimate of drug-likeness (QED) is 0.565. The largest absolute Gasteiger partial charge is 0.321 e. The molecule has 0 atom stereocenters. The van der Waals surface area contributed by atoms with E-state index in [-0.39, 0.29) is 21.6 Å². The molecule has 0 unspecified atom stereocenters. The lowest BCUT2D eigenvalue weighted by Crippen LogP contribution is -2.15. The molecule has 0 aliphatic rings. The van der Waals surface area contributed by atoms with E-state index in [2.05, 4.69) is 15.6 Å². The van der Waals surface area contributed by atoms with Crippen molar-refractivity contribution >= 4 is 55.6 Å². The normalized spacial score (nSPS) is 11.1. The van der Waals surface area contributed by atoms with Crippen molar-refractivity contribution < 1.29 is 18.0 Å². The number of nitrogens with one attached hydrogen (secondary N) is 2. The first kappa shape index (κ1) is 20.0. The molecule has 1 heterocycles. The SMILES string of the molecule is NS(=O)(=O)c1ccc(NC(=O)c2csc(NC(=O)c3ccc(Cl)cc3)n2)cc1. The molecule has 28 heavy (non-hydrogen) atoms. The van der Waals surface area contributed by atoms with Crippen LogP contribution in [0.15, 0.2) is 58.8 Å². The van der Waals surface area contributed by atoms with E-state index in [9.17, 15) is 18.0 Å². The number of rotatable bonds is 5. The Balaban J connectivity index is 1.65. The number of hydrogen-bond donors (Lipinski definition) is 3. The maximum atomic E-state index is 12.3. The fourth-order valence-electron chi connectivity index (χ4n) is 2.13. The number of thiazole rings is 1. The summed E-state index contributed by atoms with van der Waals surface area (Å²) in [7, 11) is -3.80. The minimum atomic E-state index is -3.80. The van der Waals surface area contributed by atoms with Gasteiger partial charge in [0.25, 0.3) is 11.8 Å². The molecular weight excluding hydrogens is 424 g/mol. The lowest BCUT2D eigenvalue weighted by Gasteiger charge is -2.04. The van der Waals surface area contributed by atoms with Crippen LogP contribution in [0, 0.1) is 0 Å². The Bertz CT molecular complexity index is 1130. The summed E-state index contributed by atoms with van der Waals surface area (Å²) in [5.41, 5.74) is 0.879. The predicted molar refractivity (Wildman–Crippen MR) is 107 cm³/mol. The maximum absolute atomic E-state index is 12.3. The molecule has 2 amide bonds. The smallest absolute Gasteiger partial charge is 0.275 e. The van der Waals surface area contributed by atoms with Crippen LogP contribution in [0.25, 0.3) is 0 Å². The van der Waals surface area contributed by atoms with Crippen molar-refractivity contribution in [1.29, 1.82) is 0 Å². The Morgan fingerprint density at radius 1 is 0.964 bits per heavy atom. The van der Waals surface area contributed by atoms with Gasteiger partial charge in [-0.2, -0.15) is 0 Å². The highest BCUT2D eigenvalue weighted by Gasteiger charge is 2.14. The lowest BCUT2D eigenvalue weighted by atomic mass is 10.2. The van der Waals surface area contributed by atoms with Crippen LogP contribution in [0.2, 0.25) is 5.02 Å². The highest BCUT2D eigenvalue weighted by Crippen LogP contribution is 2.19. The van der Waals surface area contributed by atoms with Crippen molar-refractivity contribution in [2.24, 2.45) is 5.14 Å². The second-order valence-electron chi connectivity index (χ2n) is 5.52. The summed E-state index contributed by atoms with van der Waals surface area (Å²) in [6.07, 6.45) is 0. The molecular formula is C17H13ClN4O4S2. The van der Waals surface area contributed by atoms with Crippen molar-refractivity contribution in [1.82, 2.24) is 4.98 Å². The van der Waals surface area contributed by atoms with Gasteiger partial charge in [0.2, 0.25) is 10.0 Å². The Morgan fingerprint density at radius 3 is 2.21 bits per heavy atom. The molecule has 1 aromatic heterocycles. The van der Waals surface area contributed by atoms with E-state index < -0.39 is 15.9 Å². The van der Waals surface area contributed by atoms with Crippen LogP contribution >= 0.6 is 22.9 Å². The van der Waals surface area contributed by atoms with Crippen LogP contribution in [0.5, 0.6) is 0 Å². The van der Waals surface area contributed by atoms with Gasteiger partial charge in [0, 0.05) is 21.7 Å². The van der Waals surface area contributed by atoms with Gasteiger partial charge in [0.15, 0.2) is 5.13 Å². The first-order valence-corrected chi connectivity index (χ1v) is 10.5. The van der Waals surface area contributed by atoms with Crippen molar-refractivity contribution in [2.75, 3.05) is 10.6 Å². The van der Waals surface area contributed by atoms with Gasteiger partial charge in [0.05, 0.1) is 4.90 Å². The van der Waals surface area contributed by atoms with Gasteiger partial charge in [0.1, 0.15) is 5.69 Å². The van der Waals surface area contributed by atoms with Gasteiger partial charge in [-0.05, 0) is 48.5 Å². The first-order chi connectivity index (χ1) is 13.2. The molecule has 144 valence electrons. The number of primary sulfonamides is 1. The van der Waals surface area contributed by atoms with Gasteiger partial charge in [-0.15, -0.1) is 11.3 Å². The van der Waals surface area contributed by atoms with Gasteiger partial charge in [-0.1, -0.05) is 11.6 Å². The summed E-state index contributed by atoms with van der Waals surface area (Å²) in [5, 5.41) is 12.5. The van der Waals surface area contributed by atoms with E-state index in [0.717, 1.165) is 11.3 Å². The highest BCUT2D eigenvalue weighted by molar-refractivity contribution is 7.89. The maximum Gasteiger partial charge on any atom is 0.275 e. The third-order valence-electron chi connectivity index (χ3n) is 3.50. The second-order valence-corrected chi connectivity index (χ2v) is 8.38. The van der Waals surface area contributed by atoms with E-state index in [0.29, 0.717) is 16.3 Å². The molecule has 0 bridgehead atoms. The third kappa shape index (κ3) is 4.93. The molecule has 4 N–H and O–H groups in total. The molecule has 11 heteroatoms. The Labute approximate surface area is 169 Å². The highest BCUT2D eigenvalue weighted by atomic mass is 35.5. The third-order valence-corrected chi connectivity index (χ3v) is 5.44. The summed E-state index contributed by atoms with van der Waals surface area (Å²) in [6.45, 7) is 0. The van der Waals surface area contributed by atoms with E-state index in [1.54, 1.807) is 24.3 Å². The number of aromatic nitrogens is 1. The fourth-order valence-corrected chi connectivity index (χ4v) is 3.46. The summed E-state index contributed by atoms with van der Waals surface area (Å²) < 4.78 is 22.5. The molecule has 3 rings (SSSR count). The Kier molecular flexibility index (Phi) is 5.75. The number of amides is 2.